The highest BCUT2D eigenvalue weighted by molar-refractivity contribution is 5.87. The average molecular weight is 466 g/mol. The van der Waals surface area contributed by atoms with Crippen LogP contribution in [0.1, 0.15) is 43.7 Å². The Morgan fingerprint density at radius 3 is 2.53 bits per heavy atom. The van der Waals surface area contributed by atoms with E-state index in [1.54, 1.807) is 30.3 Å². The van der Waals surface area contributed by atoms with Gasteiger partial charge in [-0.2, -0.15) is 0 Å². The van der Waals surface area contributed by atoms with Crippen LogP contribution in [0.4, 0.5) is 0 Å². The number of nitrogens with one attached hydrogen (secondary N) is 1. The number of benzene rings is 2. The van der Waals surface area contributed by atoms with Gasteiger partial charge in [0.25, 0.3) is 0 Å². The van der Waals surface area contributed by atoms with Crippen molar-refractivity contribution < 1.29 is 28.6 Å². The van der Waals surface area contributed by atoms with Crippen LogP contribution in [0, 0.1) is 5.92 Å². The molecule has 178 valence electrons. The highest BCUT2D eigenvalue weighted by Gasteiger charge is 2.29. The number of carbonyl (C=O) groups excluding carboxylic acids is 2. The van der Waals surface area contributed by atoms with Crippen molar-refractivity contribution in [1.29, 1.82) is 0 Å². The van der Waals surface area contributed by atoms with E-state index in [4.69, 9.17) is 19.6 Å². The highest BCUT2D eigenvalue weighted by atomic mass is 16.7. The van der Waals surface area contributed by atoms with Crippen molar-refractivity contribution in [3.63, 3.8) is 0 Å². The molecule has 1 aliphatic heterocycles. The molecule has 1 aliphatic rings. The van der Waals surface area contributed by atoms with E-state index in [0.29, 0.717) is 34.5 Å². The van der Waals surface area contributed by atoms with Crippen LogP contribution in [0.2, 0.25) is 0 Å². The maximum absolute atomic E-state index is 13.3. The summed E-state index contributed by atoms with van der Waals surface area (Å²) < 4.78 is 16.4. The van der Waals surface area contributed by atoms with Crippen LogP contribution in [0.5, 0.6) is 17.2 Å². The summed E-state index contributed by atoms with van der Waals surface area (Å²) in [5, 5.41) is 13.7. The number of hydrogen-bond donors (Lipinski definition) is 3. The molecule has 0 spiro atoms. The molecule has 0 saturated heterocycles. The first-order valence-corrected chi connectivity index (χ1v) is 11.0. The van der Waals surface area contributed by atoms with Gasteiger partial charge in [-0.05, 0) is 30.5 Å². The predicted octanol–water partition coefficient (Wildman–Crippen LogP) is 2.77. The van der Waals surface area contributed by atoms with Gasteiger partial charge in [0.15, 0.2) is 16.9 Å². The zero-order valence-electron chi connectivity index (χ0n) is 18.9. The van der Waals surface area contributed by atoms with Gasteiger partial charge in [-0.25, -0.2) is 0 Å². The lowest BCUT2D eigenvalue weighted by molar-refractivity contribution is -0.127. The third kappa shape index (κ3) is 4.68. The number of fused-ring (bicyclic) bond motifs is 2. The molecular formula is C25H26N2O7. The maximum Gasteiger partial charge on any atom is 0.240 e. The number of rotatable bonds is 8. The molecule has 0 radical (unpaired) electrons. The number of ether oxygens (including phenoxy) is 2. The minimum Gasteiger partial charge on any atom is -0.508 e. The van der Waals surface area contributed by atoms with Gasteiger partial charge in [0, 0.05) is 29.5 Å². The molecule has 2 heterocycles. The Bertz CT molecular complexity index is 1300. The molecular weight excluding hydrogens is 440 g/mol. The zero-order chi connectivity index (χ0) is 24.4. The maximum atomic E-state index is 13.3. The lowest BCUT2D eigenvalue weighted by atomic mass is 9.87. The number of phenols is 1. The van der Waals surface area contributed by atoms with Crippen LogP contribution in [0.25, 0.3) is 11.0 Å². The lowest BCUT2D eigenvalue weighted by Crippen LogP contribution is -2.45. The van der Waals surface area contributed by atoms with Gasteiger partial charge in [-0.1, -0.05) is 26.0 Å². The van der Waals surface area contributed by atoms with E-state index in [1.807, 2.05) is 13.8 Å². The van der Waals surface area contributed by atoms with E-state index >= 15 is 0 Å². The molecule has 3 aromatic rings. The smallest absolute Gasteiger partial charge is 0.240 e. The lowest BCUT2D eigenvalue weighted by Gasteiger charge is -2.21. The Labute approximate surface area is 195 Å². The molecule has 4 rings (SSSR count). The molecule has 4 N–H and O–H groups in total. The summed E-state index contributed by atoms with van der Waals surface area (Å²) in [6, 6.07) is 8.84. The predicted molar refractivity (Wildman–Crippen MR) is 124 cm³/mol. The number of phenolic OH excluding ortho intramolecular Hbond substituents is 1. The first-order chi connectivity index (χ1) is 16.2. The molecule has 9 heteroatoms. The standard InChI is InChI=1S/C25H26N2O7/c1-13(2)7-18(25(26)31)27-23(29)9-15(16-8-21-22(10-19(16)28)34-12-33-21)17-11-32-20-6-4-3-5-14(20)24(17)30/h3-6,8,10-11,13,15,18,28H,7,9,12H2,1-2H3,(H2,26,31)(H,27,29)/t15-,18+/m1/s1. The second-order valence-corrected chi connectivity index (χ2v) is 8.69. The molecule has 2 amide bonds. The number of carbonyl (C=O) groups is 2. The summed E-state index contributed by atoms with van der Waals surface area (Å²) in [6.07, 6.45) is 1.43. The van der Waals surface area contributed by atoms with Crippen LogP contribution in [0.3, 0.4) is 0 Å². The summed E-state index contributed by atoms with van der Waals surface area (Å²) >= 11 is 0. The minimum absolute atomic E-state index is 0.00299. The van der Waals surface area contributed by atoms with E-state index in [-0.39, 0.29) is 35.9 Å². The van der Waals surface area contributed by atoms with Crippen molar-refractivity contribution in [2.75, 3.05) is 6.79 Å². The van der Waals surface area contributed by atoms with Gasteiger partial charge in [0.1, 0.15) is 17.4 Å². The summed E-state index contributed by atoms with van der Waals surface area (Å²) in [7, 11) is 0. The Kier molecular flexibility index (Phi) is 6.45. The van der Waals surface area contributed by atoms with Gasteiger partial charge >= 0.3 is 0 Å². The SMILES string of the molecule is CC(C)C[C@H](NC(=O)C[C@H](c1cc2c(cc1O)OCO2)c1coc2ccccc2c1=O)C(N)=O. The Morgan fingerprint density at radius 2 is 1.82 bits per heavy atom. The first-order valence-electron chi connectivity index (χ1n) is 11.0. The van der Waals surface area contributed by atoms with Crippen LogP contribution < -0.4 is 26.0 Å². The number of primary amides is 1. The van der Waals surface area contributed by atoms with Crippen molar-refractivity contribution in [1.82, 2.24) is 5.32 Å². The molecule has 2 atom stereocenters. The van der Waals surface area contributed by atoms with E-state index in [9.17, 15) is 19.5 Å². The fourth-order valence-corrected chi connectivity index (χ4v) is 4.10. The fourth-order valence-electron chi connectivity index (χ4n) is 4.10. The van der Waals surface area contributed by atoms with Gasteiger partial charge in [-0.15, -0.1) is 0 Å². The third-order valence-corrected chi connectivity index (χ3v) is 5.75. The topological polar surface area (TPSA) is 141 Å². The third-order valence-electron chi connectivity index (χ3n) is 5.75. The zero-order valence-corrected chi connectivity index (χ0v) is 18.9. The highest BCUT2D eigenvalue weighted by Crippen LogP contribution is 2.42. The van der Waals surface area contributed by atoms with Crippen LogP contribution in [-0.2, 0) is 9.59 Å². The fraction of sp³-hybridized carbons (Fsp3) is 0.320. The monoisotopic (exact) mass is 466 g/mol. The van der Waals surface area contributed by atoms with Gasteiger partial charge in [0.2, 0.25) is 18.6 Å². The number of para-hydroxylation sites is 1. The second-order valence-electron chi connectivity index (χ2n) is 8.69. The summed E-state index contributed by atoms with van der Waals surface area (Å²) in [6.45, 7) is 3.82. The second kappa shape index (κ2) is 9.46. The van der Waals surface area contributed by atoms with E-state index in [0.717, 1.165) is 0 Å². The normalized spacial score (nSPS) is 14.2. The van der Waals surface area contributed by atoms with Crippen molar-refractivity contribution in [2.45, 2.75) is 38.6 Å². The summed E-state index contributed by atoms with van der Waals surface area (Å²) in [4.78, 5) is 38.2. The molecule has 0 bridgehead atoms. The molecule has 0 aliphatic carbocycles. The Morgan fingerprint density at radius 1 is 1.12 bits per heavy atom. The van der Waals surface area contributed by atoms with Crippen LogP contribution in [-0.4, -0.2) is 29.8 Å². The number of nitrogens with two attached hydrogens (primary N) is 1. The molecule has 0 unspecified atom stereocenters. The van der Waals surface area contributed by atoms with Crippen LogP contribution >= 0.6 is 0 Å². The molecule has 0 saturated carbocycles. The van der Waals surface area contributed by atoms with E-state index in [2.05, 4.69) is 5.32 Å². The number of aromatic hydroxyl groups is 1. The largest absolute Gasteiger partial charge is 0.508 e. The Balaban J connectivity index is 1.75. The Hall–Kier alpha value is -4.01. The van der Waals surface area contributed by atoms with E-state index in [1.165, 1.54) is 12.3 Å². The average Bonchev–Trinajstić information content (AvgIpc) is 3.24. The minimum atomic E-state index is -0.886. The molecule has 2 aromatic carbocycles. The number of hydrogen-bond acceptors (Lipinski definition) is 7. The summed E-state index contributed by atoms with van der Waals surface area (Å²) in [5.41, 5.74) is 6.02. The van der Waals surface area contributed by atoms with Gasteiger partial charge in [0.05, 0.1) is 11.6 Å². The van der Waals surface area contributed by atoms with Crippen molar-refractivity contribution in [2.24, 2.45) is 11.7 Å². The van der Waals surface area contributed by atoms with Gasteiger partial charge < -0.3 is 30.0 Å². The van der Waals surface area contributed by atoms with Gasteiger partial charge in [-0.3, -0.25) is 14.4 Å². The number of amides is 2. The molecule has 0 fully saturated rings. The molecule has 34 heavy (non-hydrogen) atoms. The quantitative estimate of drug-likeness (QED) is 0.463. The van der Waals surface area contributed by atoms with Crippen molar-refractivity contribution >= 4 is 22.8 Å². The summed E-state index contributed by atoms with van der Waals surface area (Å²) in [5.74, 6) is -1.32. The molecule has 9 nitrogen and oxygen atoms in total. The van der Waals surface area contributed by atoms with Crippen molar-refractivity contribution in [3.8, 4) is 17.2 Å². The molecule has 1 aromatic heterocycles. The van der Waals surface area contributed by atoms with E-state index < -0.39 is 23.8 Å². The van der Waals surface area contributed by atoms with Crippen LogP contribution in [0.15, 0.2) is 51.9 Å². The van der Waals surface area contributed by atoms with Crippen molar-refractivity contribution in [3.05, 3.63) is 64.0 Å². The first kappa shape index (κ1) is 23.2.